The lowest BCUT2D eigenvalue weighted by Gasteiger charge is -2.71. The number of nitrogens with zero attached hydrogens (tertiary/aromatic N) is 5. The quantitative estimate of drug-likeness (QED) is 0.135. The van der Waals surface area contributed by atoms with Gasteiger partial charge in [0.1, 0.15) is 24.3 Å². The van der Waals surface area contributed by atoms with E-state index in [4.69, 9.17) is 33.8 Å². The number of carbonyl (C=O) groups excluding carboxylic acids is 2. The van der Waals surface area contributed by atoms with Gasteiger partial charge in [-0.15, -0.1) is 0 Å². The molecular weight excluding hydrogens is 843 g/mol. The summed E-state index contributed by atoms with van der Waals surface area (Å²) in [5.41, 5.74) is 1.42. The summed E-state index contributed by atoms with van der Waals surface area (Å²) in [7, 11) is 1.67. The maximum Gasteiger partial charge on any atom is 0.410 e. The molecule has 0 N–H and O–H groups in total. The Kier molecular flexibility index (Phi) is 12.5. The predicted molar refractivity (Wildman–Crippen MR) is 257 cm³/mol. The number of likely N-dealkylation sites (tertiary alicyclic amines) is 1. The summed E-state index contributed by atoms with van der Waals surface area (Å²) in [6, 6.07) is 11.6. The first kappa shape index (κ1) is 47.8. The van der Waals surface area contributed by atoms with E-state index in [0.29, 0.717) is 44.1 Å². The highest BCUT2D eigenvalue weighted by atomic mass is 16.6. The lowest BCUT2D eigenvalue weighted by Crippen LogP contribution is -2.69. The number of rotatable bonds is 11. The SMILES string of the molecule is COc1ccc(COC(=O)[C@@H]2[C@@](C)([C@H](C)C(C)C)CC[C@]3(C)[C@H]4CC[C@H]5C6(C)COC[C@@]5(C[C@@H](n5ncnc5-c5ccncc5)[C@@H]6OC[C@@H]5CCCN5C(=O)OC(C)(C)C)C4=CC[C@@]23C)cc1. The number of carbonyl (C=O) groups is 2. The highest BCUT2D eigenvalue weighted by molar-refractivity contribution is 5.75. The van der Waals surface area contributed by atoms with Crippen LogP contribution in [0.1, 0.15) is 132 Å². The van der Waals surface area contributed by atoms with Gasteiger partial charge in [0.2, 0.25) is 0 Å². The summed E-state index contributed by atoms with van der Waals surface area (Å²) in [6.07, 6.45) is 14.8. The van der Waals surface area contributed by atoms with Crippen molar-refractivity contribution in [1.29, 1.82) is 0 Å². The van der Waals surface area contributed by atoms with Crippen LogP contribution in [0.4, 0.5) is 4.79 Å². The Morgan fingerprint density at radius 2 is 1.69 bits per heavy atom. The second-order valence-corrected chi connectivity index (χ2v) is 23.7. The van der Waals surface area contributed by atoms with Crippen molar-refractivity contribution in [2.24, 2.45) is 56.7 Å². The summed E-state index contributed by atoms with van der Waals surface area (Å²) >= 11 is 0. The molecule has 1 unspecified atom stereocenters. The molecule has 2 saturated heterocycles. The van der Waals surface area contributed by atoms with E-state index in [1.165, 1.54) is 5.57 Å². The van der Waals surface area contributed by atoms with E-state index in [2.05, 4.69) is 64.2 Å². The van der Waals surface area contributed by atoms with Gasteiger partial charge >= 0.3 is 12.1 Å². The van der Waals surface area contributed by atoms with Crippen molar-refractivity contribution in [2.75, 3.05) is 33.5 Å². The number of fused-ring (bicyclic) bond motifs is 3. The summed E-state index contributed by atoms with van der Waals surface area (Å²) in [5.74, 6) is 2.49. The summed E-state index contributed by atoms with van der Waals surface area (Å²) in [4.78, 5) is 39.7. The third-order valence-corrected chi connectivity index (χ3v) is 18.9. The second kappa shape index (κ2) is 17.6. The van der Waals surface area contributed by atoms with E-state index in [9.17, 15) is 4.79 Å². The van der Waals surface area contributed by atoms with Crippen molar-refractivity contribution in [1.82, 2.24) is 24.6 Å². The first-order valence-electron chi connectivity index (χ1n) is 25.3. The van der Waals surface area contributed by atoms with E-state index in [-0.39, 0.29) is 75.8 Å². The van der Waals surface area contributed by atoms with E-state index in [1.807, 2.05) is 74.5 Å². The number of ether oxygens (including phenoxy) is 5. The monoisotopic (exact) mass is 920 g/mol. The zero-order valence-electron chi connectivity index (χ0n) is 42.2. The van der Waals surface area contributed by atoms with Crippen molar-refractivity contribution >= 4 is 12.1 Å². The van der Waals surface area contributed by atoms with Gasteiger partial charge in [-0.1, -0.05) is 72.2 Å². The molecule has 9 rings (SSSR count). The molecular formula is C55H77N5O7. The van der Waals surface area contributed by atoms with Crippen molar-refractivity contribution in [2.45, 2.75) is 151 Å². The van der Waals surface area contributed by atoms with Crippen LogP contribution in [0, 0.1) is 56.7 Å². The van der Waals surface area contributed by atoms with Gasteiger partial charge < -0.3 is 28.6 Å². The van der Waals surface area contributed by atoms with E-state index in [0.717, 1.165) is 74.1 Å². The third-order valence-electron chi connectivity index (χ3n) is 18.9. The van der Waals surface area contributed by atoms with Gasteiger partial charge in [-0.2, -0.15) is 5.10 Å². The van der Waals surface area contributed by atoms with Gasteiger partial charge in [-0.3, -0.25) is 9.78 Å². The van der Waals surface area contributed by atoms with Gasteiger partial charge in [-0.25, -0.2) is 14.5 Å². The molecule has 2 aromatic heterocycles. The van der Waals surface area contributed by atoms with Crippen LogP contribution in [-0.2, 0) is 30.3 Å². The summed E-state index contributed by atoms with van der Waals surface area (Å²) in [6.45, 7) is 25.0. The van der Waals surface area contributed by atoms with Crippen LogP contribution in [0.15, 0.2) is 66.8 Å². The van der Waals surface area contributed by atoms with Crippen LogP contribution >= 0.6 is 0 Å². The minimum atomic E-state index is -0.584. The molecule has 6 aliphatic rings. The molecule has 1 aromatic carbocycles. The number of hydrogen-bond donors (Lipinski definition) is 0. The number of pyridine rings is 1. The number of methoxy groups -OCH3 is 1. The number of benzene rings is 1. The molecule has 12 nitrogen and oxygen atoms in total. The van der Waals surface area contributed by atoms with Gasteiger partial charge in [0.05, 0.1) is 51.0 Å². The number of hydrogen-bond acceptors (Lipinski definition) is 10. The average molecular weight is 920 g/mol. The number of allylic oxidation sites excluding steroid dienone is 1. The molecule has 2 bridgehead atoms. The molecule has 4 aliphatic carbocycles. The molecule has 3 saturated carbocycles. The van der Waals surface area contributed by atoms with Crippen molar-refractivity contribution in [3.05, 3.63) is 72.3 Å². The van der Waals surface area contributed by atoms with E-state index >= 15 is 4.79 Å². The Morgan fingerprint density at radius 1 is 0.940 bits per heavy atom. The molecule has 12 atom stereocenters. The van der Waals surface area contributed by atoms with Crippen molar-refractivity contribution in [3.63, 3.8) is 0 Å². The fourth-order valence-corrected chi connectivity index (χ4v) is 15.0. The normalized spacial score (nSPS) is 36.3. The first-order chi connectivity index (χ1) is 31.8. The minimum absolute atomic E-state index is 0.0726. The Bertz CT molecular complexity index is 2310. The maximum absolute atomic E-state index is 15.1. The Morgan fingerprint density at radius 3 is 2.39 bits per heavy atom. The summed E-state index contributed by atoms with van der Waals surface area (Å²) in [5, 5.41) is 5.04. The van der Waals surface area contributed by atoms with Crippen molar-refractivity contribution < 1.29 is 33.3 Å². The molecule has 3 aromatic rings. The number of aromatic nitrogens is 4. The highest BCUT2D eigenvalue weighted by Gasteiger charge is 2.72. The lowest BCUT2D eigenvalue weighted by molar-refractivity contribution is -0.251. The Hall–Kier alpha value is -4.29. The molecule has 67 heavy (non-hydrogen) atoms. The van der Waals surface area contributed by atoms with Crippen LogP contribution in [0.25, 0.3) is 11.4 Å². The zero-order valence-corrected chi connectivity index (χ0v) is 42.2. The fraction of sp³-hybridized carbons (Fsp3) is 0.691. The topological polar surface area (TPSA) is 127 Å². The van der Waals surface area contributed by atoms with Crippen LogP contribution in [-0.4, -0.2) is 87.9 Å². The van der Waals surface area contributed by atoms with Crippen LogP contribution in [0.3, 0.4) is 0 Å². The minimum Gasteiger partial charge on any atom is -0.497 e. The first-order valence-corrected chi connectivity index (χ1v) is 25.3. The van der Waals surface area contributed by atoms with Crippen LogP contribution in [0.2, 0.25) is 0 Å². The standard InChI is InChI=1S/C55H77N5O7/c1-35(2)36(3)51(7)24-25-53(9)41-18-19-44-52(8)32-64-33-55(44,42(41)20-23-54(53,10)45(51)48(61)66-30-37-14-16-40(63-11)17-15-37)29-43(60-47(57-34-58-60)38-21-26-56-27-22-38)46(52)65-31-39-13-12-28-59(39)49(62)67-50(4,5)6/h14-17,20-22,26-27,34-36,39,41,43-46H,12-13,18-19,23-25,28-33H2,1-11H3/t36-,39+,41+,43-,44+,45-,46+,51-,52?,53-,54+,55+/m1/s1. The molecule has 364 valence electrons. The highest BCUT2D eigenvalue weighted by Crippen LogP contribution is 2.75. The van der Waals surface area contributed by atoms with Gasteiger partial charge in [0.25, 0.3) is 0 Å². The molecule has 0 radical (unpaired) electrons. The van der Waals surface area contributed by atoms with Crippen molar-refractivity contribution in [3.8, 4) is 17.1 Å². The largest absolute Gasteiger partial charge is 0.497 e. The van der Waals surface area contributed by atoms with Gasteiger partial charge in [0, 0.05) is 35.3 Å². The van der Waals surface area contributed by atoms with E-state index in [1.54, 1.807) is 13.4 Å². The van der Waals surface area contributed by atoms with Gasteiger partial charge in [0.15, 0.2) is 5.82 Å². The molecule has 1 amide bonds. The summed E-state index contributed by atoms with van der Waals surface area (Å²) < 4.78 is 34.2. The maximum atomic E-state index is 15.1. The fourth-order valence-electron chi connectivity index (χ4n) is 15.0. The number of esters is 1. The molecule has 4 heterocycles. The number of amides is 1. The lowest BCUT2D eigenvalue weighted by atomic mass is 9.34. The van der Waals surface area contributed by atoms with E-state index < -0.39 is 5.60 Å². The molecule has 2 aliphatic heterocycles. The second-order valence-electron chi connectivity index (χ2n) is 23.7. The Labute approximate surface area is 399 Å². The predicted octanol–water partition coefficient (Wildman–Crippen LogP) is 10.9. The van der Waals surface area contributed by atoms with Crippen LogP contribution < -0.4 is 4.74 Å². The smallest absolute Gasteiger partial charge is 0.410 e. The molecule has 12 heteroatoms. The molecule has 0 spiro atoms. The van der Waals surface area contributed by atoms with Gasteiger partial charge in [-0.05, 0) is 142 Å². The third kappa shape index (κ3) is 7.92. The Balaban J connectivity index is 1.09. The molecule has 5 fully saturated rings. The zero-order chi connectivity index (χ0) is 47.7. The van der Waals surface area contributed by atoms with Crippen LogP contribution in [0.5, 0.6) is 5.75 Å². The average Bonchev–Trinajstić information content (AvgIpc) is 3.99.